The number of likely N-dealkylation sites (tertiary alicyclic amines) is 3. The van der Waals surface area contributed by atoms with Crippen LogP contribution in [0.3, 0.4) is 0 Å². The molecule has 4 aromatic carbocycles. The van der Waals surface area contributed by atoms with Crippen molar-refractivity contribution in [2.75, 3.05) is 90.3 Å². The minimum Gasteiger partial charge on any atom is -0.475 e. The first-order valence-corrected chi connectivity index (χ1v) is 34.3. The maximum atomic E-state index is 16.0. The topological polar surface area (TPSA) is 273 Å². The van der Waals surface area contributed by atoms with Crippen molar-refractivity contribution in [3.8, 4) is 51.2 Å². The molecule has 0 spiro atoms. The van der Waals surface area contributed by atoms with E-state index in [2.05, 4.69) is 61.0 Å². The predicted molar refractivity (Wildman–Crippen MR) is 379 cm³/mol. The molecule has 28 heteroatoms. The number of carbonyl (C=O) groups is 4. The third kappa shape index (κ3) is 15.6. The number of amides is 4. The number of ether oxygens (including phenoxy) is 3. The van der Waals surface area contributed by atoms with Crippen molar-refractivity contribution < 1.29 is 51.0 Å². The van der Waals surface area contributed by atoms with E-state index in [-0.39, 0.29) is 93.4 Å². The van der Waals surface area contributed by atoms with Gasteiger partial charge in [0.05, 0.1) is 35.8 Å². The van der Waals surface area contributed by atoms with Gasteiger partial charge in [-0.3, -0.25) is 48.8 Å². The number of pyridine rings is 2. The highest BCUT2D eigenvalue weighted by Gasteiger charge is 2.48. The molecule has 10 heterocycles. The number of nitrogens with zero attached hydrogens (tertiary/aromatic N) is 13. The number of alkyl halides is 3. The van der Waals surface area contributed by atoms with Gasteiger partial charge in [-0.15, -0.1) is 0 Å². The number of hydrogen-bond donors (Lipinski definition) is 4. The largest absolute Gasteiger partial charge is 0.475 e. The Morgan fingerprint density at radius 2 is 1.24 bits per heavy atom. The lowest BCUT2D eigenvalue weighted by Crippen LogP contribution is -2.49. The Morgan fingerprint density at radius 1 is 0.631 bits per heavy atom. The number of aromatic amines is 2. The molecular weight excluding hydrogens is 1330 g/mol. The normalized spacial score (nSPS) is 18.5. The fourth-order valence-corrected chi connectivity index (χ4v) is 13.7. The molecule has 6 aromatic heterocycles. The summed E-state index contributed by atoms with van der Waals surface area (Å²) in [6, 6.07) is 31.4. The number of anilines is 2. The number of piperidine rings is 1. The number of methoxy groups -OCH3 is 2. The zero-order valence-corrected chi connectivity index (χ0v) is 57.7. The molecule has 4 amide bonds. The van der Waals surface area contributed by atoms with E-state index in [1.807, 2.05) is 85.2 Å². The van der Waals surface area contributed by atoms with Gasteiger partial charge in [-0.1, -0.05) is 43.3 Å². The minimum atomic E-state index is -2.72. The summed E-state index contributed by atoms with van der Waals surface area (Å²) in [6.07, 6.45) is 9.95. The number of nitrogens with one attached hydrogen (secondary N) is 4. The van der Waals surface area contributed by atoms with Crippen LogP contribution in [0.5, 0.6) is 5.88 Å². The average molecular weight is 1410 g/mol. The number of halogens is 4. The van der Waals surface area contributed by atoms with E-state index < -0.39 is 23.3 Å². The highest BCUT2D eigenvalue weighted by Crippen LogP contribution is 2.40. The maximum absolute atomic E-state index is 16.0. The highest BCUT2D eigenvalue weighted by molar-refractivity contribution is 6.03. The van der Waals surface area contributed by atoms with Gasteiger partial charge in [-0.25, -0.2) is 37.5 Å². The van der Waals surface area contributed by atoms with Crippen molar-refractivity contribution in [1.82, 2.24) is 74.7 Å². The molecule has 3 saturated heterocycles. The predicted octanol–water partition coefficient (Wildman–Crippen LogP) is 11.1. The molecule has 24 nitrogen and oxygen atoms in total. The van der Waals surface area contributed by atoms with E-state index >= 15 is 8.78 Å². The van der Waals surface area contributed by atoms with Crippen LogP contribution in [0, 0.1) is 5.82 Å². The summed E-state index contributed by atoms with van der Waals surface area (Å²) in [5.41, 5.74) is 4.32. The fraction of sp³-hybridized carbons (Fsp3) is 0.360. The van der Waals surface area contributed by atoms with Crippen LogP contribution in [-0.2, 0) is 40.9 Å². The van der Waals surface area contributed by atoms with Crippen LogP contribution in [0.1, 0.15) is 82.5 Å². The highest BCUT2D eigenvalue weighted by atomic mass is 19.3. The summed E-state index contributed by atoms with van der Waals surface area (Å²) in [5, 5.41) is 26.6. The maximum Gasteiger partial charge on any atom is 0.280 e. The Kier molecular flexibility index (Phi) is 20.9. The number of fused-ring (bicyclic) bond motifs is 2. The molecule has 0 aliphatic carbocycles. The van der Waals surface area contributed by atoms with Crippen molar-refractivity contribution in [1.29, 1.82) is 0 Å². The molecule has 103 heavy (non-hydrogen) atoms. The Bertz CT molecular complexity index is 4740. The first kappa shape index (κ1) is 70.7. The second kappa shape index (κ2) is 30.5. The third-order valence-electron chi connectivity index (χ3n) is 19.5. The van der Waals surface area contributed by atoms with Crippen molar-refractivity contribution in [2.45, 2.75) is 95.2 Å². The van der Waals surface area contributed by atoms with Crippen LogP contribution in [0.25, 0.3) is 72.7 Å². The Morgan fingerprint density at radius 3 is 1.81 bits per heavy atom. The molecular formula is C75H79F4N17O7. The lowest BCUT2D eigenvalue weighted by atomic mass is 9.85. The number of hydrogen-bond acceptors (Lipinski definition) is 17. The van der Waals surface area contributed by atoms with Gasteiger partial charge < -0.3 is 34.6 Å². The quantitative estimate of drug-likeness (QED) is 0.0487. The Balaban J connectivity index is 0.000000184. The molecule has 4 aliphatic rings. The zero-order chi connectivity index (χ0) is 72.0. The van der Waals surface area contributed by atoms with E-state index in [0.29, 0.717) is 113 Å². The molecule has 4 N–H and O–H groups in total. The monoisotopic (exact) mass is 1410 g/mol. The first-order valence-electron chi connectivity index (χ1n) is 34.3. The van der Waals surface area contributed by atoms with Crippen molar-refractivity contribution in [3.63, 3.8) is 0 Å². The van der Waals surface area contributed by atoms with E-state index in [9.17, 15) is 28.0 Å². The van der Waals surface area contributed by atoms with Gasteiger partial charge in [-0.2, -0.15) is 15.3 Å². The van der Waals surface area contributed by atoms with Gasteiger partial charge in [0, 0.05) is 156 Å². The van der Waals surface area contributed by atoms with Gasteiger partial charge >= 0.3 is 0 Å². The Labute approximate surface area is 591 Å². The van der Waals surface area contributed by atoms with Gasteiger partial charge in [0.15, 0.2) is 22.9 Å². The SMILES string of the molecule is CCCn1cnc(-c2ccc(C3=CCN(C(=O)CN4CC[C@@](OC)(C(=O)Nc5ccc6[nH]nc(-c7ccc(OC(C)C)nc7)c6c5)C4)CC3)cc2F)n1.CO[C@@]1(C(=O)Nc2ccc3[nH]nc(-c4ccnc(C(F)F)c4)c3c2)CCN(CC(=O)N2CCC(F)(c3ccc(-c4ncccn4)cc3)CC2)C1. The zero-order valence-electron chi connectivity index (χ0n) is 57.7. The number of H-pyrrole nitrogens is 2. The molecule has 0 bridgehead atoms. The summed E-state index contributed by atoms with van der Waals surface area (Å²) >= 11 is 0. The number of rotatable bonds is 21. The number of carbonyl (C=O) groups excluding carboxylic acids is 4. The fourth-order valence-electron chi connectivity index (χ4n) is 13.7. The number of benzene rings is 4. The second-order valence-electron chi connectivity index (χ2n) is 26.6. The standard InChI is InChI=1S/C39H44FN9O4.C36H35F3N8O3/c1-5-15-49-24-42-37(46-49)30-9-6-27(19-32(30)40)26-12-16-48(17-13-26)35(50)22-47-18-14-39(23-47,52-4)38(51)43-29-8-10-33-31(20-29)36(45-44-33)28-7-11-34(41-21-28)53-25(2)3;1-50-36(34(49)43-26-7-8-28-27(20-26)31(45-44-28)24-9-15-40-29(19-24)32(37)38)12-16-46(22-36)21-30(48)47-17-10-35(39,11-18-47)25-5-3-23(4-6-25)33-41-13-2-14-42-33/h6-12,19-21,24-25H,5,13-18,22-23H2,1-4H3,(H,43,51)(H,44,45);2-9,13-15,19-20,32H,10-12,16-18,21-22H2,1H3,(H,43,49)(H,44,45)/t39-;36-/m00/s1. The van der Waals surface area contributed by atoms with E-state index in [1.165, 1.54) is 32.5 Å². The molecule has 3 fully saturated rings. The van der Waals surface area contributed by atoms with Gasteiger partial charge in [0.25, 0.3) is 18.2 Å². The lowest BCUT2D eigenvalue weighted by molar-refractivity contribution is -0.139. The van der Waals surface area contributed by atoms with Crippen LogP contribution in [-0.4, -0.2) is 195 Å². The molecule has 4 aliphatic heterocycles. The second-order valence-corrected chi connectivity index (χ2v) is 26.6. The van der Waals surface area contributed by atoms with Gasteiger partial charge in [0.2, 0.25) is 17.7 Å². The molecule has 0 radical (unpaired) electrons. The molecule has 0 unspecified atom stereocenters. The van der Waals surface area contributed by atoms with Crippen molar-refractivity contribution >= 4 is 62.4 Å². The van der Waals surface area contributed by atoms with Crippen molar-refractivity contribution in [2.24, 2.45) is 0 Å². The van der Waals surface area contributed by atoms with Crippen LogP contribution in [0.4, 0.5) is 28.9 Å². The van der Waals surface area contributed by atoms with Crippen LogP contribution in [0.2, 0.25) is 0 Å². The molecule has 10 aromatic rings. The Hall–Kier alpha value is -10.7. The van der Waals surface area contributed by atoms with Gasteiger partial charge in [0.1, 0.15) is 34.9 Å². The average Bonchev–Trinajstić information content (AvgIpc) is 1.72. The van der Waals surface area contributed by atoms with Crippen LogP contribution in [0.15, 0.2) is 146 Å². The minimum absolute atomic E-state index is 0.0190. The summed E-state index contributed by atoms with van der Waals surface area (Å²) in [5.74, 6) is 0.310. The molecule has 0 saturated carbocycles. The van der Waals surface area contributed by atoms with Crippen molar-refractivity contribution in [3.05, 3.63) is 169 Å². The summed E-state index contributed by atoms with van der Waals surface area (Å²) in [6.45, 7) is 9.91. The van der Waals surface area contributed by atoms with E-state index in [0.717, 1.165) is 46.1 Å². The number of aryl methyl sites for hydroxylation is 1. The molecule has 2 atom stereocenters. The first-order chi connectivity index (χ1) is 49.8. The smallest absolute Gasteiger partial charge is 0.280 e. The summed E-state index contributed by atoms with van der Waals surface area (Å²) in [4.78, 5) is 82.3. The van der Waals surface area contributed by atoms with Gasteiger partial charge in [-0.05, 0) is 129 Å². The van der Waals surface area contributed by atoms with E-state index in [4.69, 9.17) is 14.2 Å². The molecule has 534 valence electrons. The summed E-state index contributed by atoms with van der Waals surface area (Å²) in [7, 11) is 3.00. The number of aromatic nitrogens is 11. The van der Waals surface area contributed by atoms with E-state index in [1.54, 1.807) is 87.9 Å². The summed E-state index contributed by atoms with van der Waals surface area (Å²) < 4.78 is 76.7. The van der Waals surface area contributed by atoms with Crippen LogP contribution < -0.4 is 15.4 Å². The third-order valence-corrected chi connectivity index (χ3v) is 19.5. The van der Waals surface area contributed by atoms with Crippen LogP contribution >= 0.6 is 0 Å². The lowest BCUT2D eigenvalue weighted by Gasteiger charge is -2.37. The molecule has 14 rings (SSSR count).